The van der Waals surface area contributed by atoms with E-state index in [0.717, 1.165) is 20.5 Å². The first-order chi connectivity index (χ1) is 14.0. The number of nitrogens with zero attached hydrogens (tertiary/aromatic N) is 2. The Labute approximate surface area is 177 Å². The van der Waals surface area contributed by atoms with E-state index in [1.165, 1.54) is 0 Å². The fourth-order valence-electron chi connectivity index (χ4n) is 3.94. The molecule has 0 aliphatic carbocycles. The summed E-state index contributed by atoms with van der Waals surface area (Å²) >= 11 is 3.55. The van der Waals surface area contributed by atoms with Gasteiger partial charge in [0.15, 0.2) is 0 Å². The molecule has 0 bridgehead atoms. The molecular weight excluding hydrogens is 432 g/mol. The molecule has 29 heavy (non-hydrogen) atoms. The molecule has 2 aliphatic rings. The number of carbonyl (C=O) groups is 3. The van der Waals surface area contributed by atoms with E-state index in [-0.39, 0.29) is 11.9 Å². The van der Waals surface area contributed by atoms with Gasteiger partial charge in [-0.2, -0.15) is 0 Å². The Kier molecular flexibility index (Phi) is 4.96. The van der Waals surface area contributed by atoms with Gasteiger partial charge in [-0.1, -0.05) is 42.5 Å². The number of amides is 3. The minimum Gasteiger partial charge on any atom is -0.308 e. The van der Waals surface area contributed by atoms with Gasteiger partial charge in [0.05, 0.1) is 17.2 Å². The highest BCUT2D eigenvalue weighted by molar-refractivity contribution is 9.15. The Morgan fingerprint density at radius 2 is 1.62 bits per heavy atom. The summed E-state index contributed by atoms with van der Waals surface area (Å²) in [7, 11) is 0. The molecule has 2 aromatic carbocycles. The van der Waals surface area contributed by atoms with Gasteiger partial charge in [0.1, 0.15) is 6.04 Å². The summed E-state index contributed by atoms with van der Waals surface area (Å²) in [6, 6.07) is 13.3. The molecule has 0 saturated carbocycles. The van der Waals surface area contributed by atoms with E-state index in [9.17, 15) is 14.4 Å². The Morgan fingerprint density at radius 1 is 1.07 bits per heavy atom. The van der Waals surface area contributed by atoms with E-state index >= 15 is 0 Å². The van der Waals surface area contributed by atoms with Gasteiger partial charge >= 0.3 is 0 Å². The topological polar surface area (TPSA) is 57.7 Å². The fourth-order valence-corrected chi connectivity index (χ4v) is 4.52. The van der Waals surface area contributed by atoms with Crippen LogP contribution in [0.15, 0.2) is 67.4 Å². The predicted molar refractivity (Wildman–Crippen MR) is 114 cm³/mol. The lowest BCUT2D eigenvalue weighted by Crippen LogP contribution is -2.49. The summed E-state index contributed by atoms with van der Waals surface area (Å²) in [6.45, 7) is 5.42. The number of hydrogen-bond acceptors (Lipinski definition) is 3. The molecule has 0 N–H and O–H groups in total. The van der Waals surface area contributed by atoms with E-state index < -0.39 is 17.9 Å². The average molecular weight is 451 g/mol. The van der Waals surface area contributed by atoms with Crippen LogP contribution in [-0.2, 0) is 4.79 Å². The van der Waals surface area contributed by atoms with Gasteiger partial charge < -0.3 is 4.90 Å². The molecule has 2 aromatic rings. The van der Waals surface area contributed by atoms with E-state index in [4.69, 9.17) is 0 Å². The molecule has 0 spiro atoms. The van der Waals surface area contributed by atoms with E-state index in [1.54, 1.807) is 48.4 Å². The number of carbonyl (C=O) groups excluding carboxylic acids is 3. The summed E-state index contributed by atoms with van der Waals surface area (Å²) in [4.78, 5) is 41.7. The van der Waals surface area contributed by atoms with E-state index in [2.05, 4.69) is 22.5 Å². The molecule has 2 atom stereocenters. The highest BCUT2D eigenvalue weighted by Gasteiger charge is 2.43. The molecule has 0 aromatic heterocycles. The molecule has 0 fully saturated rings. The first-order valence-electron chi connectivity index (χ1n) is 9.32. The lowest BCUT2D eigenvalue weighted by atomic mass is 9.93. The van der Waals surface area contributed by atoms with Crippen molar-refractivity contribution in [2.24, 2.45) is 0 Å². The smallest absolute Gasteiger partial charge is 0.262 e. The van der Waals surface area contributed by atoms with Crippen molar-refractivity contribution in [1.29, 1.82) is 0 Å². The van der Waals surface area contributed by atoms with Gasteiger partial charge in [-0.3, -0.25) is 19.3 Å². The van der Waals surface area contributed by atoms with Crippen molar-refractivity contribution >= 4 is 38.1 Å². The molecule has 2 aliphatic heterocycles. The molecule has 1 unspecified atom stereocenters. The van der Waals surface area contributed by atoms with Crippen LogP contribution < -0.4 is 0 Å². The van der Waals surface area contributed by atoms with Crippen LogP contribution in [0.1, 0.15) is 51.2 Å². The Hall–Kier alpha value is -2.99. The quantitative estimate of drug-likeness (QED) is 0.507. The average Bonchev–Trinajstić information content (AvgIpc) is 2.99. The van der Waals surface area contributed by atoms with Crippen molar-refractivity contribution in [3.63, 3.8) is 0 Å². The molecule has 6 heteroatoms. The number of rotatable bonds is 4. The molecule has 3 amide bonds. The molecule has 4 rings (SSSR count). The zero-order chi connectivity index (χ0) is 20.7. The molecule has 146 valence electrons. The highest BCUT2D eigenvalue weighted by atomic mass is 79.9. The standard InChI is InChI=1S/C23H19BrN2O3/c1-3-8-20-16-10-5-4-9-15(16)19(24)13-25(20)21(27)14(2)26-22(28)17-11-6-7-12-18(17)23(26)29/h3-7,9-14,20H,1,8H2,2H3/t14-,20?/m0/s1. The number of imide groups is 1. The van der Waals surface area contributed by atoms with Crippen LogP contribution in [0.5, 0.6) is 0 Å². The van der Waals surface area contributed by atoms with E-state index in [0.29, 0.717) is 17.5 Å². The summed E-state index contributed by atoms with van der Waals surface area (Å²) in [5.41, 5.74) is 2.67. The van der Waals surface area contributed by atoms with Gasteiger partial charge in [0.25, 0.3) is 11.8 Å². The van der Waals surface area contributed by atoms with Crippen molar-refractivity contribution in [3.8, 4) is 0 Å². The highest BCUT2D eigenvalue weighted by Crippen LogP contribution is 2.40. The number of halogens is 1. The molecule has 5 nitrogen and oxygen atoms in total. The number of hydrogen-bond donors (Lipinski definition) is 0. The van der Waals surface area contributed by atoms with Gasteiger partial charge in [0, 0.05) is 10.7 Å². The van der Waals surface area contributed by atoms with Crippen molar-refractivity contribution in [3.05, 3.63) is 89.6 Å². The van der Waals surface area contributed by atoms with Gasteiger partial charge in [-0.25, -0.2) is 0 Å². The second-order valence-electron chi connectivity index (χ2n) is 7.05. The van der Waals surface area contributed by atoms with Gasteiger partial charge in [0.2, 0.25) is 5.91 Å². The van der Waals surface area contributed by atoms with Crippen LogP contribution >= 0.6 is 15.9 Å². The predicted octanol–water partition coefficient (Wildman–Crippen LogP) is 4.52. The monoisotopic (exact) mass is 450 g/mol. The lowest BCUT2D eigenvalue weighted by molar-refractivity contribution is -0.134. The first-order valence-corrected chi connectivity index (χ1v) is 10.1. The third-order valence-electron chi connectivity index (χ3n) is 5.38. The van der Waals surface area contributed by atoms with Crippen LogP contribution in [0.3, 0.4) is 0 Å². The summed E-state index contributed by atoms with van der Waals surface area (Å²) < 4.78 is 0.774. The van der Waals surface area contributed by atoms with Crippen molar-refractivity contribution in [2.75, 3.05) is 0 Å². The summed E-state index contributed by atoms with van der Waals surface area (Å²) in [5.74, 6) is -1.20. The third-order valence-corrected chi connectivity index (χ3v) is 6.01. The SMILES string of the molecule is C=CCC1c2ccccc2C(Br)=CN1C(=O)[C@H](C)N1C(=O)c2ccccc2C1=O. The van der Waals surface area contributed by atoms with Crippen molar-refractivity contribution in [1.82, 2.24) is 9.80 Å². The Morgan fingerprint density at radius 3 is 2.21 bits per heavy atom. The molecular formula is C23H19BrN2O3. The van der Waals surface area contributed by atoms with Crippen molar-refractivity contribution in [2.45, 2.75) is 25.4 Å². The minimum atomic E-state index is -0.934. The number of benzene rings is 2. The Balaban J connectivity index is 1.69. The van der Waals surface area contributed by atoms with Gasteiger partial charge in [-0.15, -0.1) is 6.58 Å². The second kappa shape index (κ2) is 7.44. The molecule has 2 heterocycles. The van der Waals surface area contributed by atoms with E-state index in [1.807, 2.05) is 24.3 Å². The fraction of sp³-hybridized carbons (Fsp3) is 0.174. The maximum atomic E-state index is 13.4. The largest absolute Gasteiger partial charge is 0.308 e. The Bertz CT molecular complexity index is 1040. The van der Waals surface area contributed by atoms with Crippen LogP contribution in [-0.4, -0.2) is 33.6 Å². The van der Waals surface area contributed by atoms with Crippen LogP contribution in [0.2, 0.25) is 0 Å². The van der Waals surface area contributed by atoms with Crippen LogP contribution in [0, 0.1) is 0 Å². The van der Waals surface area contributed by atoms with Gasteiger partial charge in [-0.05, 0) is 52.5 Å². The maximum Gasteiger partial charge on any atom is 0.262 e. The minimum absolute atomic E-state index is 0.255. The van der Waals surface area contributed by atoms with Crippen molar-refractivity contribution < 1.29 is 14.4 Å². The summed E-state index contributed by atoms with van der Waals surface area (Å²) in [6.07, 6.45) is 4.04. The molecule has 0 radical (unpaired) electrons. The van der Waals surface area contributed by atoms with Crippen LogP contribution in [0.25, 0.3) is 4.48 Å². The third kappa shape index (κ3) is 3.04. The first kappa shape index (κ1) is 19.3. The second-order valence-corrected chi connectivity index (χ2v) is 7.91. The maximum absolute atomic E-state index is 13.4. The number of fused-ring (bicyclic) bond motifs is 2. The molecule has 0 saturated heterocycles. The van der Waals surface area contributed by atoms with Crippen LogP contribution in [0.4, 0.5) is 0 Å². The summed E-state index contributed by atoms with van der Waals surface area (Å²) in [5, 5.41) is 0. The normalized spacial score (nSPS) is 18.8. The zero-order valence-electron chi connectivity index (χ0n) is 15.8. The zero-order valence-corrected chi connectivity index (χ0v) is 17.4. The lowest BCUT2D eigenvalue weighted by Gasteiger charge is -2.37.